The molecule has 3 N–H and O–H groups in total. The lowest BCUT2D eigenvalue weighted by atomic mass is 10.2. The molecular weight excluding hydrogens is 208 g/mol. The van der Waals surface area contributed by atoms with Crippen LogP contribution in [0.5, 0.6) is 0 Å². The van der Waals surface area contributed by atoms with Crippen LogP contribution in [0.1, 0.15) is 11.7 Å². The molecule has 0 spiro atoms. The average Bonchev–Trinajstić information content (AvgIpc) is 2.04. The third-order valence-corrected chi connectivity index (χ3v) is 2.01. The number of nitrogens with zero attached hydrogens (tertiary/aromatic N) is 1. The van der Waals surface area contributed by atoms with Crippen molar-refractivity contribution < 1.29 is 5.11 Å². The summed E-state index contributed by atoms with van der Waals surface area (Å²) in [6, 6.07) is 3.25. The lowest BCUT2D eigenvalue weighted by Crippen LogP contribution is -2.16. The van der Waals surface area contributed by atoms with E-state index in [1.807, 2.05) is 6.07 Å². The van der Waals surface area contributed by atoms with Gasteiger partial charge in [-0.3, -0.25) is 4.98 Å². The van der Waals surface area contributed by atoms with Crippen molar-refractivity contribution in [3.8, 4) is 0 Å². The first-order valence-electron chi connectivity index (χ1n) is 3.22. The van der Waals surface area contributed by atoms with Gasteiger partial charge in [0.15, 0.2) is 0 Å². The molecule has 1 atom stereocenters. The van der Waals surface area contributed by atoms with E-state index < -0.39 is 6.04 Å². The molecule has 0 bridgehead atoms. The molecule has 1 rings (SSSR count). The van der Waals surface area contributed by atoms with Crippen molar-refractivity contribution in [3.05, 3.63) is 28.5 Å². The number of hydrogen-bond donors (Lipinski definition) is 2. The maximum absolute atomic E-state index is 8.73. The first-order chi connectivity index (χ1) is 5.25. The van der Waals surface area contributed by atoms with E-state index in [4.69, 9.17) is 10.8 Å². The third-order valence-electron chi connectivity index (χ3n) is 1.33. The Balaban J connectivity index is 2.93. The van der Waals surface area contributed by atoms with Crippen LogP contribution in [0.15, 0.2) is 22.8 Å². The van der Waals surface area contributed by atoms with Crippen molar-refractivity contribution in [2.24, 2.45) is 5.73 Å². The van der Waals surface area contributed by atoms with Gasteiger partial charge in [-0.05, 0) is 28.1 Å². The Morgan fingerprint density at radius 3 is 3.00 bits per heavy atom. The Kier molecular flexibility index (Phi) is 2.99. The minimum atomic E-state index is -0.398. The molecule has 0 aliphatic rings. The van der Waals surface area contributed by atoms with Gasteiger partial charge in [-0.15, -0.1) is 0 Å². The predicted octanol–water partition coefficient (Wildman–Crippen LogP) is 0.836. The molecule has 11 heavy (non-hydrogen) atoms. The maximum Gasteiger partial charge on any atom is 0.0736 e. The van der Waals surface area contributed by atoms with Crippen LogP contribution in [0.4, 0.5) is 0 Å². The molecule has 0 saturated carbocycles. The molecule has 1 aromatic heterocycles. The molecule has 0 saturated heterocycles. The Morgan fingerprint density at radius 1 is 1.73 bits per heavy atom. The summed E-state index contributed by atoms with van der Waals surface area (Å²) in [6.07, 6.45) is 1.65. The molecule has 1 heterocycles. The summed E-state index contributed by atoms with van der Waals surface area (Å²) < 4.78 is 0.835. The normalized spacial score (nSPS) is 13.0. The van der Waals surface area contributed by atoms with Gasteiger partial charge in [0.05, 0.1) is 18.3 Å². The molecule has 4 heteroatoms. The highest BCUT2D eigenvalue weighted by molar-refractivity contribution is 9.10. The summed E-state index contributed by atoms with van der Waals surface area (Å²) in [5, 5.41) is 8.73. The van der Waals surface area contributed by atoms with Gasteiger partial charge in [-0.25, -0.2) is 0 Å². The smallest absolute Gasteiger partial charge is 0.0736 e. The summed E-state index contributed by atoms with van der Waals surface area (Å²) in [5.41, 5.74) is 6.24. The number of nitrogens with two attached hydrogens (primary N) is 1. The summed E-state index contributed by atoms with van der Waals surface area (Å²) in [7, 11) is 0. The van der Waals surface area contributed by atoms with Gasteiger partial charge in [0.1, 0.15) is 0 Å². The highest BCUT2D eigenvalue weighted by Crippen LogP contribution is 2.18. The van der Waals surface area contributed by atoms with Crippen LogP contribution in [-0.4, -0.2) is 16.7 Å². The predicted molar refractivity (Wildman–Crippen MR) is 46.0 cm³/mol. The number of halogens is 1. The second-order valence-electron chi connectivity index (χ2n) is 2.16. The number of aliphatic hydroxyl groups excluding tert-OH is 1. The monoisotopic (exact) mass is 216 g/mol. The first-order valence-corrected chi connectivity index (χ1v) is 4.02. The van der Waals surface area contributed by atoms with Crippen LogP contribution in [0.2, 0.25) is 0 Å². The Morgan fingerprint density at radius 2 is 2.45 bits per heavy atom. The van der Waals surface area contributed by atoms with Gasteiger partial charge in [0.2, 0.25) is 0 Å². The van der Waals surface area contributed by atoms with Crippen molar-refractivity contribution >= 4 is 15.9 Å². The minimum absolute atomic E-state index is 0.0877. The summed E-state index contributed by atoms with van der Waals surface area (Å²) >= 11 is 3.28. The average molecular weight is 217 g/mol. The molecular formula is C7H9BrN2O. The molecule has 3 nitrogen and oxygen atoms in total. The Hall–Kier alpha value is -0.450. The zero-order chi connectivity index (χ0) is 8.27. The number of aliphatic hydroxyl groups is 1. The SMILES string of the molecule is NC(CO)c1ncccc1Br. The largest absolute Gasteiger partial charge is 0.394 e. The van der Waals surface area contributed by atoms with E-state index in [0.29, 0.717) is 5.69 Å². The zero-order valence-corrected chi connectivity index (χ0v) is 7.45. The van der Waals surface area contributed by atoms with Crippen LogP contribution in [-0.2, 0) is 0 Å². The van der Waals surface area contributed by atoms with Gasteiger partial charge >= 0.3 is 0 Å². The molecule has 0 radical (unpaired) electrons. The quantitative estimate of drug-likeness (QED) is 0.771. The van der Waals surface area contributed by atoms with E-state index in [1.54, 1.807) is 12.3 Å². The van der Waals surface area contributed by atoms with Crippen molar-refractivity contribution in [2.45, 2.75) is 6.04 Å². The zero-order valence-electron chi connectivity index (χ0n) is 5.87. The molecule has 60 valence electrons. The second-order valence-corrected chi connectivity index (χ2v) is 3.01. The number of rotatable bonds is 2. The van der Waals surface area contributed by atoms with Crippen LogP contribution in [0.3, 0.4) is 0 Å². The van der Waals surface area contributed by atoms with Gasteiger partial charge in [0, 0.05) is 10.7 Å². The van der Waals surface area contributed by atoms with Crippen LogP contribution in [0, 0.1) is 0 Å². The fourth-order valence-electron chi connectivity index (χ4n) is 0.757. The van der Waals surface area contributed by atoms with E-state index in [1.165, 1.54) is 0 Å². The number of pyridine rings is 1. The molecule has 0 aromatic carbocycles. The van der Waals surface area contributed by atoms with E-state index in [9.17, 15) is 0 Å². The molecule has 1 aromatic rings. The molecule has 0 fully saturated rings. The second kappa shape index (κ2) is 3.80. The molecule has 0 aliphatic heterocycles. The summed E-state index contributed by atoms with van der Waals surface area (Å²) in [5.74, 6) is 0. The van der Waals surface area contributed by atoms with Gasteiger partial charge < -0.3 is 10.8 Å². The Labute approximate surface area is 73.4 Å². The molecule has 1 unspecified atom stereocenters. The van der Waals surface area contributed by atoms with Crippen molar-refractivity contribution in [1.29, 1.82) is 0 Å². The maximum atomic E-state index is 8.73. The minimum Gasteiger partial charge on any atom is -0.394 e. The Bertz CT molecular complexity index is 242. The van der Waals surface area contributed by atoms with Crippen molar-refractivity contribution in [2.75, 3.05) is 6.61 Å². The third kappa shape index (κ3) is 1.99. The lowest BCUT2D eigenvalue weighted by molar-refractivity contribution is 0.265. The summed E-state index contributed by atoms with van der Waals surface area (Å²) in [6.45, 7) is -0.0877. The highest BCUT2D eigenvalue weighted by Gasteiger charge is 2.08. The van der Waals surface area contributed by atoms with Crippen molar-refractivity contribution in [1.82, 2.24) is 4.98 Å². The molecule has 0 aliphatic carbocycles. The van der Waals surface area contributed by atoms with Crippen LogP contribution in [0.25, 0.3) is 0 Å². The van der Waals surface area contributed by atoms with E-state index in [-0.39, 0.29) is 6.61 Å². The summed E-state index contributed by atoms with van der Waals surface area (Å²) in [4.78, 5) is 4.02. The van der Waals surface area contributed by atoms with E-state index in [2.05, 4.69) is 20.9 Å². The number of aromatic nitrogens is 1. The topological polar surface area (TPSA) is 59.1 Å². The van der Waals surface area contributed by atoms with Crippen LogP contribution < -0.4 is 5.73 Å². The van der Waals surface area contributed by atoms with Gasteiger partial charge in [-0.2, -0.15) is 0 Å². The van der Waals surface area contributed by atoms with Gasteiger partial charge in [-0.1, -0.05) is 0 Å². The highest BCUT2D eigenvalue weighted by atomic mass is 79.9. The lowest BCUT2D eigenvalue weighted by Gasteiger charge is -2.07. The fraction of sp³-hybridized carbons (Fsp3) is 0.286. The van der Waals surface area contributed by atoms with Crippen molar-refractivity contribution in [3.63, 3.8) is 0 Å². The van der Waals surface area contributed by atoms with Gasteiger partial charge in [0.25, 0.3) is 0 Å². The number of hydrogen-bond acceptors (Lipinski definition) is 3. The first kappa shape index (κ1) is 8.64. The van der Waals surface area contributed by atoms with E-state index >= 15 is 0 Å². The molecule has 0 amide bonds. The standard InChI is InChI=1S/C7H9BrN2O/c8-5-2-1-3-10-7(5)6(9)4-11/h1-3,6,11H,4,9H2. The van der Waals surface area contributed by atoms with E-state index in [0.717, 1.165) is 4.47 Å². The fourth-order valence-corrected chi connectivity index (χ4v) is 1.31. The van der Waals surface area contributed by atoms with Crippen LogP contribution >= 0.6 is 15.9 Å².